The molecule has 2 heterocycles. The number of likely N-dealkylation sites (tertiary alicyclic amines) is 1. The lowest BCUT2D eigenvalue weighted by molar-refractivity contribution is -0.148. The van der Waals surface area contributed by atoms with E-state index in [-0.39, 0.29) is 6.54 Å². The highest BCUT2D eigenvalue weighted by Gasteiger charge is 2.68. The number of methoxy groups -OCH3 is 1. The van der Waals surface area contributed by atoms with Gasteiger partial charge in [-0.15, -0.1) is 0 Å². The van der Waals surface area contributed by atoms with E-state index in [1.807, 2.05) is 0 Å². The van der Waals surface area contributed by atoms with Gasteiger partial charge in [0.15, 0.2) is 0 Å². The minimum Gasteiger partial charge on any atom is -0.468 e. The molecule has 0 bridgehead atoms. The number of esters is 1. The number of imide groups is 1. The second-order valence-corrected chi connectivity index (χ2v) is 9.30. The van der Waals surface area contributed by atoms with Gasteiger partial charge in [-0.2, -0.15) is 0 Å². The Morgan fingerprint density at radius 3 is 1.94 bits per heavy atom. The van der Waals surface area contributed by atoms with E-state index in [1.165, 1.54) is 55.6 Å². The second kappa shape index (κ2) is 9.11. The summed E-state index contributed by atoms with van der Waals surface area (Å²) in [6.45, 7) is -0.0152. The average molecular weight is 511 g/mol. The molecule has 2 fully saturated rings. The summed E-state index contributed by atoms with van der Waals surface area (Å²) in [6, 6.07) is 16.4. The first kappa shape index (κ1) is 24.1. The highest BCUT2D eigenvalue weighted by molar-refractivity contribution is 6.30. The number of amides is 2. The maximum absolute atomic E-state index is 14.0. The van der Waals surface area contributed by atoms with Crippen molar-refractivity contribution in [3.63, 3.8) is 0 Å². The Kier molecular flexibility index (Phi) is 6.10. The summed E-state index contributed by atoms with van der Waals surface area (Å²) < 4.78 is 32.7. The van der Waals surface area contributed by atoms with Crippen molar-refractivity contribution in [2.75, 3.05) is 7.11 Å². The lowest BCUT2D eigenvalue weighted by atomic mass is 9.71. The molecule has 0 aromatic heterocycles. The number of fused-ring (bicyclic) bond motifs is 1. The number of hydrogen-bond acceptors (Lipinski definition) is 5. The van der Waals surface area contributed by atoms with Crippen LogP contribution in [0.3, 0.4) is 0 Å². The molecule has 3 aromatic carbocycles. The second-order valence-electron chi connectivity index (χ2n) is 8.86. The Balaban J connectivity index is 1.68. The molecule has 36 heavy (non-hydrogen) atoms. The number of benzene rings is 3. The van der Waals surface area contributed by atoms with E-state index in [9.17, 15) is 23.2 Å². The van der Waals surface area contributed by atoms with Gasteiger partial charge in [-0.25, -0.2) is 8.78 Å². The molecule has 0 aliphatic carbocycles. The van der Waals surface area contributed by atoms with Gasteiger partial charge in [-0.3, -0.25) is 24.6 Å². The minimum atomic E-state index is -1.42. The van der Waals surface area contributed by atoms with Crippen molar-refractivity contribution in [1.29, 1.82) is 0 Å². The standard InChI is InChI=1S/C27H21ClF2N2O4/c1-36-26(35)23-21-22(25(34)32(24(21)33)14-15-2-8-18(28)9-3-15)27(31-23,16-4-10-19(29)11-5-16)17-6-12-20(30)13-7-17/h2-13,21-23,31H,14H2,1H3/t21-,22+,23+/m0/s1. The molecular formula is C27H21ClF2N2O4. The van der Waals surface area contributed by atoms with Crippen LogP contribution in [0.2, 0.25) is 5.02 Å². The van der Waals surface area contributed by atoms with Gasteiger partial charge in [-0.05, 0) is 53.1 Å². The number of rotatable bonds is 5. The number of hydrogen-bond donors (Lipinski definition) is 1. The quantitative estimate of drug-likeness (QED) is 0.417. The summed E-state index contributed by atoms with van der Waals surface area (Å²) in [5.74, 6) is -4.91. The van der Waals surface area contributed by atoms with Crippen LogP contribution in [0.1, 0.15) is 16.7 Å². The molecule has 9 heteroatoms. The van der Waals surface area contributed by atoms with Crippen LogP contribution in [0, 0.1) is 23.5 Å². The third-order valence-corrected chi connectivity index (χ3v) is 7.21. The van der Waals surface area contributed by atoms with Gasteiger partial charge >= 0.3 is 5.97 Å². The number of carbonyl (C=O) groups is 3. The fourth-order valence-electron chi connectivity index (χ4n) is 5.35. The minimum absolute atomic E-state index is 0.0152. The molecule has 2 aliphatic heterocycles. The maximum atomic E-state index is 14.0. The fourth-order valence-corrected chi connectivity index (χ4v) is 5.47. The van der Waals surface area contributed by atoms with Gasteiger partial charge in [0.05, 0.1) is 31.0 Å². The molecular weight excluding hydrogens is 490 g/mol. The molecule has 184 valence electrons. The van der Waals surface area contributed by atoms with Crippen LogP contribution in [-0.2, 0) is 31.2 Å². The van der Waals surface area contributed by atoms with Crippen LogP contribution in [0.5, 0.6) is 0 Å². The zero-order valence-corrected chi connectivity index (χ0v) is 19.8. The Labute approximate surface area is 210 Å². The predicted molar refractivity (Wildman–Crippen MR) is 127 cm³/mol. The molecule has 3 atom stereocenters. The molecule has 2 aliphatic rings. The molecule has 2 amide bonds. The third-order valence-electron chi connectivity index (χ3n) is 6.96. The number of carbonyl (C=O) groups excluding carboxylic acids is 3. The largest absolute Gasteiger partial charge is 0.468 e. The topological polar surface area (TPSA) is 75.7 Å². The Morgan fingerprint density at radius 2 is 1.44 bits per heavy atom. The summed E-state index contributed by atoms with van der Waals surface area (Å²) in [4.78, 5) is 41.6. The monoisotopic (exact) mass is 510 g/mol. The zero-order chi connectivity index (χ0) is 25.6. The fraction of sp³-hybridized carbons (Fsp3) is 0.222. The molecule has 0 saturated carbocycles. The highest BCUT2D eigenvalue weighted by Crippen LogP contribution is 2.52. The molecule has 0 unspecified atom stereocenters. The van der Waals surface area contributed by atoms with Gasteiger partial charge in [0.25, 0.3) is 0 Å². The van der Waals surface area contributed by atoms with Crippen LogP contribution < -0.4 is 5.32 Å². The average Bonchev–Trinajstić information content (AvgIpc) is 3.36. The van der Waals surface area contributed by atoms with E-state index >= 15 is 0 Å². The third kappa shape index (κ3) is 3.77. The Bertz CT molecular complexity index is 1280. The Morgan fingerprint density at radius 1 is 0.917 bits per heavy atom. The van der Waals surface area contributed by atoms with E-state index in [0.29, 0.717) is 21.7 Å². The van der Waals surface area contributed by atoms with Crippen LogP contribution in [0.15, 0.2) is 72.8 Å². The first-order chi connectivity index (χ1) is 17.3. The van der Waals surface area contributed by atoms with Gasteiger partial charge in [0.1, 0.15) is 17.7 Å². The molecule has 1 N–H and O–H groups in total. The number of nitrogens with one attached hydrogen (secondary N) is 1. The first-order valence-electron chi connectivity index (χ1n) is 11.2. The predicted octanol–water partition coefficient (Wildman–Crippen LogP) is 3.81. The van der Waals surface area contributed by atoms with E-state index in [2.05, 4.69) is 5.32 Å². The van der Waals surface area contributed by atoms with Crippen molar-refractivity contribution in [2.24, 2.45) is 11.8 Å². The lowest BCUT2D eigenvalue weighted by Crippen LogP contribution is -2.51. The highest BCUT2D eigenvalue weighted by atomic mass is 35.5. The van der Waals surface area contributed by atoms with Crippen molar-refractivity contribution in [1.82, 2.24) is 10.2 Å². The van der Waals surface area contributed by atoms with Crippen molar-refractivity contribution >= 4 is 29.4 Å². The van der Waals surface area contributed by atoms with Crippen molar-refractivity contribution < 1.29 is 27.9 Å². The van der Waals surface area contributed by atoms with Gasteiger partial charge in [0.2, 0.25) is 11.8 Å². The van der Waals surface area contributed by atoms with Crippen molar-refractivity contribution in [3.05, 3.63) is 106 Å². The summed E-state index contributed by atoms with van der Waals surface area (Å²) >= 11 is 5.97. The molecule has 0 spiro atoms. The molecule has 3 aromatic rings. The van der Waals surface area contributed by atoms with Crippen LogP contribution in [0.25, 0.3) is 0 Å². The number of halogens is 3. The van der Waals surface area contributed by atoms with Crippen molar-refractivity contribution in [3.8, 4) is 0 Å². The smallest absolute Gasteiger partial charge is 0.323 e. The summed E-state index contributed by atoms with van der Waals surface area (Å²) in [5.41, 5.74) is 0.155. The van der Waals surface area contributed by atoms with Crippen LogP contribution in [-0.4, -0.2) is 35.8 Å². The Hall–Kier alpha value is -3.62. The SMILES string of the molecule is COC(=O)[C@@H]1NC(c2ccc(F)cc2)(c2ccc(F)cc2)[C@H]2C(=O)N(Cc3ccc(Cl)cc3)C(=O)[C@H]12. The zero-order valence-electron chi connectivity index (χ0n) is 19.1. The first-order valence-corrected chi connectivity index (χ1v) is 11.6. The van der Waals surface area contributed by atoms with Crippen molar-refractivity contribution in [2.45, 2.75) is 18.1 Å². The van der Waals surface area contributed by atoms with Gasteiger partial charge < -0.3 is 4.74 Å². The van der Waals surface area contributed by atoms with Gasteiger partial charge in [-0.1, -0.05) is 48.0 Å². The van der Waals surface area contributed by atoms with Crippen LogP contribution in [0.4, 0.5) is 8.78 Å². The molecule has 0 radical (unpaired) electrons. The molecule has 5 rings (SSSR count). The summed E-state index contributed by atoms with van der Waals surface area (Å²) in [7, 11) is 1.20. The van der Waals surface area contributed by atoms with Crippen LogP contribution >= 0.6 is 11.6 Å². The summed E-state index contributed by atoms with van der Waals surface area (Å²) in [5, 5.41) is 3.69. The summed E-state index contributed by atoms with van der Waals surface area (Å²) in [6.07, 6.45) is 0. The van der Waals surface area contributed by atoms with Gasteiger partial charge in [0, 0.05) is 5.02 Å². The number of ether oxygens (including phenoxy) is 1. The maximum Gasteiger partial charge on any atom is 0.323 e. The molecule has 2 saturated heterocycles. The van der Waals surface area contributed by atoms with E-state index in [0.717, 1.165) is 4.90 Å². The molecule has 6 nitrogen and oxygen atoms in total. The number of nitrogens with zero attached hydrogens (tertiary/aromatic N) is 1. The van der Waals surface area contributed by atoms with E-state index < -0.39 is 52.8 Å². The lowest BCUT2D eigenvalue weighted by Gasteiger charge is -2.36. The van der Waals surface area contributed by atoms with E-state index in [4.69, 9.17) is 16.3 Å². The van der Waals surface area contributed by atoms with E-state index in [1.54, 1.807) is 24.3 Å². The normalized spacial score (nSPS) is 22.6.